The van der Waals surface area contributed by atoms with E-state index in [9.17, 15) is 13.6 Å². The summed E-state index contributed by atoms with van der Waals surface area (Å²) in [6.07, 6.45) is 0.502. The topological polar surface area (TPSA) is 35.5 Å². The van der Waals surface area contributed by atoms with Crippen LogP contribution in [0.25, 0.3) is 0 Å². The maximum absolute atomic E-state index is 11.9. The highest BCUT2D eigenvalue weighted by molar-refractivity contribution is 5.72. The van der Waals surface area contributed by atoms with Crippen molar-refractivity contribution in [2.45, 2.75) is 20.0 Å². The van der Waals surface area contributed by atoms with Gasteiger partial charge in [-0.15, -0.1) is 0 Å². The van der Waals surface area contributed by atoms with E-state index in [1.165, 1.54) is 19.2 Å². The van der Waals surface area contributed by atoms with Gasteiger partial charge >= 0.3 is 12.6 Å². The van der Waals surface area contributed by atoms with E-state index in [1.54, 1.807) is 19.1 Å². The van der Waals surface area contributed by atoms with Gasteiger partial charge in [0.05, 0.1) is 13.0 Å². The number of benzene rings is 1. The van der Waals surface area contributed by atoms with Gasteiger partial charge < -0.3 is 9.47 Å². The van der Waals surface area contributed by atoms with E-state index in [0.29, 0.717) is 6.42 Å². The second-order valence-corrected chi connectivity index (χ2v) is 3.65. The monoisotopic (exact) mass is 244 g/mol. The first-order valence-corrected chi connectivity index (χ1v) is 5.14. The van der Waals surface area contributed by atoms with E-state index in [1.807, 2.05) is 0 Å². The predicted octanol–water partition coefficient (Wildman–Crippen LogP) is 2.64. The number of methoxy groups -OCH3 is 1. The molecule has 1 rings (SSSR count). The van der Waals surface area contributed by atoms with Crippen LogP contribution in [-0.2, 0) is 16.0 Å². The Balaban J connectivity index is 2.59. The van der Waals surface area contributed by atoms with E-state index in [2.05, 4.69) is 9.47 Å². The molecule has 1 aromatic rings. The molecule has 0 aliphatic carbocycles. The van der Waals surface area contributed by atoms with E-state index in [-0.39, 0.29) is 17.6 Å². The van der Waals surface area contributed by atoms with Crippen molar-refractivity contribution in [2.24, 2.45) is 5.92 Å². The fourth-order valence-electron chi connectivity index (χ4n) is 1.45. The van der Waals surface area contributed by atoms with E-state index in [4.69, 9.17) is 0 Å². The lowest BCUT2D eigenvalue weighted by atomic mass is 10.0. The Labute approximate surface area is 98.3 Å². The van der Waals surface area contributed by atoms with Gasteiger partial charge in [-0.3, -0.25) is 4.79 Å². The molecule has 0 bridgehead atoms. The number of rotatable bonds is 5. The predicted molar refractivity (Wildman–Crippen MR) is 58.0 cm³/mol. The molecule has 1 atom stereocenters. The summed E-state index contributed by atoms with van der Waals surface area (Å²) in [6, 6.07) is 6.20. The van der Waals surface area contributed by atoms with Crippen molar-refractivity contribution in [2.75, 3.05) is 7.11 Å². The summed E-state index contributed by atoms with van der Waals surface area (Å²) in [5, 5.41) is 0. The first-order valence-electron chi connectivity index (χ1n) is 5.14. The SMILES string of the molecule is COC(=O)C(C)Cc1ccc(OC(F)F)cc1. The van der Waals surface area contributed by atoms with Gasteiger partial charge in [0.25, 0.3) is 0 Å². The van der Waals surface area contributed by atoms with Crippen LogP contribution < -0.4 is 4.74 Å². The van der Waals surface area contributed by atoms with Crippen LogP contribution in [0, 0.1) is 5.92 Å². The quantitative estimate of drug-likeness (QED) is 0.747. The molecule has 0 aliphatic heterocycles. The number of carbonyl (C=O) groups is 1. The Kier molecular flexibility index (Phi) is 4.87. The fraction of sp³-hybridized carbons (Fsp3) is 0.417. The van der Waals surface area contributed by atoms with Crippen molar-refractivity contribution in [1.29, 1.82) is 0 Å². The summed E-state index contributed by atoms with van der Waals surface area (Å²) >= 11 is 0. The first kappa shape index (κ1) is 13.4. The van der Waals surface area contributed by atoms with E-state index in [0.717, 1.165) is 5.56 Å². The van der Waals surface area contributed by atoms with Crippen molar-refractivity contribution < 1.29 is 23.0 Å². The highest BCUT2D eigenvalue weighted by atomic mass is 19.3. The average molecular weight is 244 g/mol. The highest BCUT2D eigenvalue weighted by Gasteiger charge is 2.13. The molecule has 17 heavy (non-hydrogen) atoms. The normalized spacial score (nSPS) is 12.3. The van der Waals surface area contributed by atoms with Crippen molar-refractivity contribution in [3.05, 3.63) is 29.8 Å². The van der Waals surface area contributed by atoms with Crippen LogP contribution >= 0.6 is 0 Å². The zero-order valence-electron chi connectivity index (χ0n) is 9.65. The minimum absolute atomic E-state index is 0.106. The molecule has 0 saturated heterocycles. The molecule has 0 heterocycles. The Morgan fingerprint density at radius 2 is 1.88 bits per heavy atom. The lowest BCUT2D eigenvalue weighted by Crippen LogP contribution is -2.15. The molecule has 1 unspecified atom stereocenters. The zero-order chi connectivity index (χ0) is 12.8. The molecule has 1 aromatic carbocycles. The molecule has 0 spiro atoms. The van der Waals surface area contributed by atoms with Crippen LogP contribution in [0.2, 0.25) is 0 Å². The highest BCUT2D eigenvalue weighted by Crippen LogP contribution is 2.17. The van der Waals surface area contributed by atoms with Gasteiger partial charge in [0, 0.05) is 0 Å². The molecule has 0 saturated carbocycles. The third kappa shape index (κ3) is 4.38. The van der Waals surface area contributed by atoms with Crippen LogP contribution in [0.5, 0.6) is 5.75 Å². The Morgan fingerprint density at radius 1 is 1.29 bits per heavy atom. The molecule has 0 radical (unpaired) electrons. The first-order chi connectivity index (χ1) is 8.02. The molecule has 94 valence electrons. The van der Waals surface area contributed by atoms with Gasteiger partial charge in [-0.05, 0) is 24.1 Å². The molecule has 5 heteroatoms. The number of halogens is 2. The van der Waals surface area contributed by atoms with Crippen molar-refractivity contribution in [3.8, 4) is 5.75 Å². The largest absolute Gasteiger partial charge is 0.469 e. The molecular weight excluding hydrogens is 230 g/mol. The second-order valence-electron chi connectivity index (χ2n) is 3.65. The number of hydrogen-bond acceptors (Lipinski definition) is 3. The number of esters is 1. The van der Waals surface area contributed by atoms with Crippen LogP contribution in [0.1, 0.15) is 12.5 Å². The number of alkyl halides is 2. The number of hydrogen-bond donors (Lipinski definition) is 0. The van der Waals surface area contributed by atoms with Gasteiger partial charge in [0.1, 0.15) is 5.75 Å². The summed E-state index contributed by atoms with van der Waals surface area (Å²) in [6.45, 7) is -1.08. The van der Waals surface area contributed by atoms with Crippen LogP contribution in [-0.4, -0.2) is 19.7 Å². The lowest BCUT2D eigenvalue weighted by molar-refractivity contribution is -0.144. The molecule has 0 amide bonds. The summed E-state index contributed by atoms with van der Waals surface area (Å²) < 4.78 is 32.6. The van der Waals surface area contributed by atoms with Gasteiger partial charge in [0.15, 0.2) is 0 Å². The minimum atomic E-state index is -2.82. The molecule has 0 aliphatic rings. The van der Waals surface area contributed by atoms with Crippen molar-refractivity contribution in [1.82, 2.24) is 0 Å². The third-order valence-corrected chi connectivity index (χ3v) is 2.29. The van der Waals surface area contributed by atoms with Crippen LogP contribution in [0.3, 0.4) is 0 Å². The minimum Gasteiger partial charge on any atom is -0.469 e. The Morgan fingerprint density at radius 3 is 2.35 bits per heavy atom. The Bertz CT molecular complexity index is 363. The summed E-state index contributed by atoms with van der Waals surface area (Å²) in [5.74, 6) is -0.450. The van der Waals surface area contributed by atoms with Gasteiger partial charge in [-0.25, -0.2) is 0 Å². The third-order valence-electron chi connectivity index (χ3n) is 2.29. The second kappa shape index (κ2) is 6.18. The summed E-state index contributed by atoms with van der Waals surface area (Å²) in [5.41, 5.74) is 0.865. The number of carbonyl (C=O) groups excluding carboxylic acids is 1. The maximum atomic E-state index is 11.9. The molecular formula is C12H14F2O3. The molecule has 3 nitrogen and oxygen atoms in total. The standard InChI is InChI=1S/C12H14F2O3/c1-8(11(15)16-2)7-9-3-5-10(6-4-9)17-12(13)14/h3-6,8,12H,7H2,1-2H3. The molecule has 0 N–H and O–H groups in total. The zero-order valence-corrected chi connectivity index (χ0v) is 9.65. The van der Waals surface area contributed by atoms with Crippen molar-refractivity contribution >= 4 is 5.97 Å². The average Bonchev–Trinajstić information content (AvgIpc) is 2.30. The van der Waals surface area contributed by atoms with Gasteiger partial charge in [-0.1, -0.05) is 19.1 Å². The van der Waals surface area contributed by atoms with Crippen LogP contribution in [0.15, 0.2) is 24.3 Å². The molecule has 0 fully saturated rings. The molecule has 0 aromatic heterocycles. The lowest BCUT2D eigenvalue weighted by Gasteiger charge is -2.09. The number of ether oxygens (including phenoxy) is 2. The maximum Gasteiger partial charge on any atom is 0.387 e. The van der Waals surface area contributed by atoms with Crippen LogP contribution in [0.4, 0.5) is 8.78 Å². The van der Waals surface area contributed by atoms with E-state index < -0.39 is 6.61 Å². The van der Waals surface area contributed by atoms with Gasteiger partial charge in [-0.2, -0.15) is 8.78 Å². The van der Waals surface area contributed by atoms with Crippen molar-refractivity contribution in [3.63, 3.8) is 0 Å². The Hall–Kier alpha value is -1.65. The van der Waals surface area contributed by atoms with E-state index >= 15 is 0 Å². The fourth-order valence-corrected chi connectivity index (χ4v) is 1.45. The smallest absolute Gasteiger partial charge is 0.387 e. The summed E-state index contributed by atoms with van der Waals surface area (Å²) in [7, 11) is 1.33. The summed E-state index contributed by atoms with van der Waals surface area (Å²) in [4.78, 5) is 11.2. The van der Waals surface area contributed by atoms with Gasteiger partial charge in [0.2, 0.25) is 0 Å².